The second kappa shape index (κ2) is 8.95. The van der Waals surface area contributed by atoms with Crippen LogP contribution in [-0.4, -0.2) is 34.3 Å². The van der Waals surface area contributed by atoms with E-state index in [4.69, 9.17) is 21.7 Å². The van der Waals surface area contributed by atoms with Crippen molar-refractivity contribution >= 4 is 18.4 Å². The fourth-order valence-corrected chi connectivity index (χ4v) is 2.62. The van der Waals surface area contributed by atoms with E-state index in [2.05, 4.69) is 21.9 Å². The number of rotatable bonds is 8. The van der Waals surface area contributed by atoms with Crippen LogP contribution >= 0.6 is 12.2 Å². The Bertz CT molecular complexity index is 993. The number of nitrogens with one attached hydrogen (secondary N) is 1. The van der Waals surface area contributed by atoms with Crippen LogP contribution in [0.5, 0.6) is 11.5 Å². The van der Waals surface area contributed by atoms with Gasteiger partial charge in [-0.25, -0.2) is 5.10 Å². The van der Waals surface area contributed by atoms with Gasteiger partial charge in [0.1, 0.15) is 6.61 Å². The van der Waals surface area contributed by atoms with Crippen LogP contribution in [0.4, 0.5) is 0 Å². The number of hydrogen-bond donors (Lipinski definition) is 1. The van der Waals surface area contributed by atoms with Gasteiger partial charge in [0, 0.05) is 5.56 Å². The van der Waals surface area contributed by atoms with Crippen LogP contribution in [0, 0.1) is 4.77 Å². The SMILES string of the molecule is C=CCOc1ccc(/C=N\n2c(-c3ccccc3)n[nH]c2=S)cc1OCC. The molecule has 3 aromatic rings. The minimum absolute atomic E-state index is 0.415. The first kappa shape index (κ1) is 18.6. The van der Waals surface area contributed by atoms with Crippen molar-refractivity contribution in [3.8, 4) is 22.9 Å². The molecule has 0 atom stereocenters. The van der Waals surface area contributed by atoms with E-state index in [-0.39, 0.29) is 0 Å². The molecule has 0 aliphatic rings. The van der Waals surface area contributed by atoms with Gasteiger partial charge in [-0.2, -0.15) is 14.9 Å². The number of H-pyrrole nitrogens is 1. The molecule has 1 aromatic heterocycles. The summed E-state index contributed by atoms with van der Waals surface area (Å²) in [6.07, 6.45) is 3.40. The highest BCUT2D eigenvalue weighted by Crippen LogP contribution is 2.28. The van der Waals surface area contributed by atoms with E-state index in [1.165, 1.54) is 0 Å². The second-order valence-corrected chi connectivity index (χ2v) is 5.90. The van der Waals surface area contributed by atoms with Gasteiger partial charge >= 0.3 is 0 Å². The molecule has 0 spiro atoms. The average molecular weight is 380 g/mol. The smallest absolute Gasteiger partial charge is 0.216 e. The summed E-state index contributed by atoms with van der Waals surface area (Å²) in [5.41, 5.74) is 1.77. The van der Waals surface area contributed by atoms with E-state index in [9.17, 15) is 0 Å². The Balaban J connectivity index is 1.90. The maximum absolute atomic E-state index is 5.66. The summed E-state index contributed by atoms with van der Waals surface area (Å²) >= 11 is 5.30. The average Bonchev–Trinajstić information content (AvgIpc) is 3.07. The van der Waals surface area contributed by atoms with Gasteiger partial charge in [-0.05, 0) is 42.9 Å². The maximum Gasteiger partial charge on any atom is 0.216 e. The molecule has 0 saturated heterocycles. The molecular weight excluding hydrogens is 360 g/mol. The molecule has 0 fully saturated rings. The molecular formula is C20H20N4O2S. The predicted molar refractivity (Wildman–Crippen MR) is 109 cm³/mol. The molecule has 2 aromatic carbocycles. The maximum atomic E-state index is 5.66. The molecule has 0 saturated carbocycles. The van der Waals surface area contributed by atoms with Crippen LogP contribution in [-0.2, 0) is 0 Å². The van der Waals surface area contributed by atoms with Gasteiger partial charge in [0.15, 0.2) is 17.3 Å². The molecule has 0 bridgehead atoms. The van der Waals surface area contributed by atoms with Crippen molar-refractivity contribution in [3.63, 3.8) is 0 Å². The number of hydrogen-bond acceptors (Lipinski definition) is 5. The van der Waals surface area contributed by atoms with Crippen molar-refractivity contribution in [2.75, 3.05) is 13.2 Å². The third kappa shape index (κ3) is 4.51. The molecule has 1 heterocycles. The minimum Gasteiger partial charge on any atom is -0.490 e. The standard InChI is InChI=1S/C20H20N4O2S/c1-3-12-26-17-11-10-15(13-18(17)25-4-2)14-21-24-19(22-23-20(24)27)16-8-6-5-7-9-16/h3,5-11,13-14H,1,4,12H2,2H3,(H,23,27)/b21-14-. The van der Waals surface area contributed by atoms with E-state index >= 15 is 0 Å². The normalized spacial score (nSPS) is 10.9. The summed E-state index contributed by atoms with van der Waals surface area (Å²) in [4.78, 5) is 0. The van der Waals surface area contributed by atoms with Crippen LogP contribution in [0.3, 0.4) is 0 Å². The Morgan fingerprint density at radius 1 is 1.19 bits per heavy atom. The lowest BCUT2D eigenvalue weighted by Gasteiger charge is -2.11. The van der Waals surface area contributed by atoms with Crippen molar-refractivity contribution in [1.29, 1.82) is 0 Å². The van der Waals surface area contributed by atoms with Crippen molar-refractivity contribution in [2.24, 2.45) is 5.10 Å². The molecule has 27 heavy (non-hydrogen) atoms. The Kier molecular flexibility index (Phi) is 6.17. The highest BCUT2D eigenvalue weighted by atomic mass is 32.1. The van der Waals surface area contributed by atoms with Gasteiger partial charge in [-0.1, -0.05) is 43.0 Å². The molecule has 0 unspecified atom stereocenters. The summed E-state index contributed by atoms with van der Waals surface area (Å²) < 4.78 is 13.3. The zero-order valence-corrected chi connectivity index (χ0v) is 15.8. The van der Waals surface area contributed by atoms with Gasteiger partial charge in [-0.3, -0.25) is 0 Å². The molecule has 7 heteroatoms. The zero-order chi connectivity index (χ0) is 19.1. The number of nitrogens with zero attached hydrogens (tertiary/aromatic N) is 3. The topological polar surface area (TPSA) is 64.4 Å². The van der Waals surface area contributed by atoms with Gasteiger partial charge in [0.05, 0.1) is 12.8 Å². The fourth-order valence-electron chi connectivity index (χ4n) is 2.44. The molecule has 0 aliphatic heterocycles. The summed E-state index contributed by atoms with van der Waals surface area (Å²) in [5.74, 6) is 1.97. The van der Waals surface area contributed by atoms with Crippen molar-refractivity contribution in [3.05, 3.63) is 71.5 Å². The van der Waals surface area contributed by atoms with E-state index < -0.39 is 0 Å². The predicted octanol–water partition coefficient (Wildman–Crippen LogP) is 4.45. The van der Waals surface area contributed by atoms with E-state index in [1.807, 2.05) is 55.5 Å². The summed E-state index contributed by atoms with van der Waals surface area (Å²) in [6, 6.07) is 15.4. The van der Waals surface area contributed by atoms with Crippen LogP contribution in [0.2, 0.25) is 0 Å². The molecule has 0 amide bonds. The lowest BCUT2D eigenvalue weighted by molar-refractivity contribution is 0.297. The van der Waals surface area contributed by atoms with Crippen molar-refractivity contribution in [1.82, 2.24) is 14.9 Å². The Labute approximate surface area is 162 Å². The van der Waals surface area contributed by atoms with E-state index in [0.29, 0.717) is 35.3 Å². The molecule has 138 valence electrons. The first-order chi connectivity index (χ1) is 13.2. The zero-order valence-electron chi connectivity index (χ0n) is 15.0. The van der Waals surface area contributed by atoms with Crippen LogP contribution in [0.15, 0.2) is 66.3 Å². The van der Waals surface area contributed by atoms with E-state index in [1.54, 1.807) is 17.0 Å². The summed E-state index contributed by atoms with van der Waals surface area (Å²) in [5, 5.41) is 11.5. The largest absolute Gasteiger partial charge is 0.490 e. The van der Waals surface area contributed by atoms with Gasteiger partial charge in [-0.15, -0.1) is 0 Å². The summed E-state index contributed by atoms with van der Waals surface area (Å²) in [7, 11) is 0. The third-order valence-corrected chi connectivity index (χ3v) is 3.89. The highest BCUT2D eigenvalue weighted by molar-refractivity contribution is 7.71. The summed E-state index contributed by atoms with van der Waals surface area (Å²) in [6.45, 7) is 6.54. The third-order valence-electron chi connectivity index (χ3n) is 3.63. The number of benzene rings is 2. The minimum atomic E-state index is 0.415. The highest BCUT2D eigenvalue weighted by Gasteiger charge is 2.08. The van der Waals surface area contributed by atoms with E-state index in [0.717, 1.165) is 11.1 Å². The Morgan fingerprint density at radius 3 is 2.74 bits per heavy atom. The first-order valence-corrected chi connectivity index (χ1v) is 8.91. The lowest BCUT2D eigenvalue weighted by Crippen LogP contribution is -2.00. The van der Waals surface area contributed by atoms with Crippen molar-refractivity contribution in [2.45, 2.75) is 6.92 Å². The first-order valence-electron chi connectivity index (χ1n) is 8.50. The van der Waals surface area contributed by atoms with Crippen LogP contribution in [0.25, 0.3) is 11.4 Å². The number of aromatic nitrogens is 3. The Hall–Kier alpha value is -3.19. The molecule has 6 nitrogen and oxygen atoms in total. The molecule has 1 N–H and O–H groups in total. The second-order valence-electron chi connectivity index (χ2n) is 5.51. The Morgan fingerprint density at radius 2 is 2.00 bits per heavy atom. The number of ether oxygens (including phenoxy) is 2. The van der Waals surface area contributed by atoms with Gasteiger partial charge < -0.3 is 9.47 Å². The van der Waals surface area contributed by atoms with Gasteiger partial charge in [0.25, 0.3) is 0 Å². The quantitative estimate of drug-likeness (QED) is 0.356. The molecule has 3 rings (SSSR count). The van der Waals surface area contributed by atoms with Crippen LogP contribution < -0.4 is 9.47 Å². The monoisotopic (exact) mass is 380 g/mol. The molecule has 0 aliphatic carbocycles. The number of aromatic amines is 1. The van der Waals surface area contributed by atoms with Crippen LogP contribution in [0.1, 0.15) is 12.5 Å². The fraction of sp³-hybridized carbons (Fsp3) is 0.150. The lowest BCUT2D eigenvalue weighted by atomic mass is 10.2. The van der Waals surface area contributed by atoms with Gasteiger partial charge in [0.2, 0.25) is 4.77 Å². The molecule has 0 radical (unpaired) electrons. The van der Waals surface area contributed by atoms with Crippen molar-refractivity contribution < 1.29 is 9.47 Å².